The smallest absolute Gasteiger partial charge is 0.330 e. The van der Waals surface area contributed by atoms with Crippen LogP contribution in [-0.2, 0) is 4.43 Å². The molecule has 0 fully saturated rings. The maximum Gasteiger partial charge on any atom is 0.330 e. The number of rotatable bonds is 9. The van der Waals surface area contributed by atoms with E-state index in [0.29, 0.717) is 0 Å². The lowest BCUT2D eigenvalue weighted by molar-refractivity contribution is 0.352. The van der Waals surface area contributed by atoms with Crippen molar-refractivity contribution in [3.63, 3.8) is 0 Å². The molecule has 0 aromatic heterocycles. The number of hydrogen-bond donors (Lipinski definition) is 0. The first-order chi connectivity index (χ1) is 6.62. The molecule has 0 spiro atoms. The third kappa shape index (κ3) is 9.92. The van der Waals surface area contributed by atoms with E-state index in [1.54, 1.807) is 0 Å². The van der Waals surface area contributed by atoms with E-state index in [2.05, 4.69) is 50.9 Å². The second-order valence-corrected chi connectivity index (χ2v) is 19.2. The first-order valence-electron chi connectivity index (χ1n) is 5.64. The second-order valence-electron chi connectivity index (χ2n) is 3.59. The molecule has 4 heteroatoms. The van der Waals surface area contributed by atoms with Crippen molar-refractivity contribution in [1.29, 1.82) is 0 Å². The lowest BCUT2D eigenvalue weighted by Crippen LogP contribution is -2.22. The van der Waals surface area contributed by atoms with Crippen molar-refractivity contribution in [3.8, 4) is 0 Å². The Bertz CT molecular complexity index is 133. The van der Waals surface area contributed by atoms with Crippen LogP contribution in [0.15, 0.2) is 0 Å². The van der Waals surface area contributed by atoms with Crippen molar-refractivity contribution < 1.29 is 4.43 Å². The van der Waals surface area contributed by atoms with Gasteiger partial charge in [-0.05, 0) is 13.0 Å². The predicted octanol–water partition coefficient (Wildman–Crippen LogP) is 5.15. The lowest BCUT2D eigenvalue weighted by atomic mass is 10.1. The molecule has 0 heterocycles. The van der Waals surface area contributed by atoms with Crippen molar-refractivity contribution in [2.24, 2.45) is 0 Å². The molecule has 1 nitrogen and oxygen atoms in total. The molecule has 0 aliphatic rings. The highest BCUT2D eigenvalue weighted by atomic mass is 127. The zero-order valence-electron chi connectivity index (χ0n) is 9.32. The molecule has 0 aliphatic heterocycles. The molecule has 0 aliphatic carbocycles. The molecule has 1 unspecified atom stereocenters. The molecule has 1 atom stereocenters. The summed E-state index contributed by atoms with van der Waals surface area (Å²) >= 11 is 6.21. The van der Waals surface area contributed by atoms with Gasteiger partial charge in [0.1, 0.15) is 0 Å². The van der Waals surface area contributed by atoms with E-state index in [0.717, 1.165) is 6.61 Å². The molecule has 0 N–H and O–H groups in total. The largest absolute Gasteiger partial charge is 0.399 e. The van der Waals surface area contributed by atoms with Crippen LogP contribution in [0.2, 0.25) is 6.04 Å². The van der Waals surface area contributed by atoms with Gasteiger partial charge in [-0.15, -0.1) is 0 Å². The Kier molecular flexibility index (Phi) is 10.6. The van der Waals surface area contributed by atoms with Gasteiger partial charge in [0.15, 0.2) is 0 Å². The van der Waals surface area contributed by atoms with Crippen LogP contribution in [0.5, 0.6) is 0 Å². The van der Waals surface area contributed by atoms with E-state index in [-0.39, 0.29) is 0 Å². The molecule has 0 amide bonds. The Balaban J connectivity index is 3.26. The summed E-state index contributed by atoms with van der Waals surface area (Å²) in [6, 6.07) is 1.24. The van der Waals surface area contributed by atoms with Crippen LogP contribution in [0, 0.1) is 0 Å². The highest BCUT2D eigenvalue weighted by Gasteiger charge is 2.26. The average Bonchev–Trinajstić information content (AvgIpc) is 2.11. The summed E-state index contributed by atoms with van der Waals surface area (Å²) in [4.78, 5) is 0. The van der Waals surface area contributed by atoms with Gasteiger partial charge in [-0.25, -0.2) is 0 Å². The van der Waals surface area contributed by atoms with E-state index in [1.165, 1.54) is 44.6 Å². The van der Waals surface area contributed by atoms with Gasteiger partial charge in [-0.2, -0.15) is 0 Å². The first kappa shape index (κ1) is 15.4. The van der Waals surface area contributed by atoms with Crippen molar-refractivity contribution in [3.05, 3.63) is 0 Å². The van der Waals surface area contributed by atoms with Gasteiger partial charge in [0.05, 0.1) is 0 Å². The normalized spacial score (nSPS) is 15.4. The van der Waals surface area contributed by atoms with E-state index in [9.17, 15) is 0 Å². The molecular weight excluding hydrogens is 371 g/mol. The predicted molar refractivity (Wildman–Crippen MR) is 78.5 cm³/mol. The fourth-order valence-electron chi connectivity index (χ4n) is 1.39. The lowest BCUT2D eigenvalue weighted by Gasteiger charge is -2.16. The number of unbranched alkanes of at least 4 members (excludes halogenated alkanes) is 5. The molecule has 0 bridgehead atoms. The highest BCUT2D eigenvalue weighted by molar-refractivity contribution is 14.1. The Morgan fingerprint density at radius 3 is 2.21 bits per heavy atom. The van der Waals surface area contributed by atoms with Gasteiger partial charge in [0.2, 0.25) is 0 Å². The number of halogens is 2. The van der Waals surface area contributed by atoms with E-state index < -0.39 is 4.43 Å². The summed E-state index contributed by atoms with van der Waals surface area (Å²) in [5.41, 5.74) is 0. The molecule has 86 valence electrons. The summed E-state index contributed by atoms with van der Waals surface area (Å²) in [7, 11) is 0. The molecule has 0 saturated heterocycles. The monoisotopic (exact) mass is 392 g/mol. The fourth-order valence-corrected chi connectivity index (χ4v) is 6.23. The molecule has 0 radical (unpaired) electrons. The molecule has 0 aromatic rings. The first-order valence-corrected chi connectivity index (χ1v) is 13.1. The Morgan fingerprint density at radius 1 is 1.07 bits per heavy atom. The van der Waals surface area contributed by atoms with E-state index >= 15 is 0 Å². The highest BCUT2D eigenvalue weighted by Crippen LogP contribution is 2.29. The van der Waals surface area contributed by atoms with E-state index in [1.807, 2.05) is 0 Å². The number of hydrogen-bond acceptors (Lipinski definition) is 1. The molecule has 0 rings (SSSR count). The van der Waals surface area contributed by atoms with Crippen LogP contribution in [0.3, 0.4) is 0 Å². The summed E-state index contributed by atoms with van der Waals surface area (Å²) < 4.78 is 4.21. The van der Waals surface area contributed by atoms with Crippen LogP contribution in [-0.4, -0.2) is 11.0 Å². The van der Waals surface area contributed by atoms with Crippen molar-refractivity contribution >= 4 is 41.5 Å². The third-order valence-electron chi connectivity index (χ3n) is 2.18. The van der Waals surface area contributed by atoms with Gasteiger partial charge in [0.25, 0.3) is 0 Å². The minimum absolute atomic E-state index is 0.843. The van der Waals surface area contributed by atoms with Crippen LogP contribution < -0.4 is 0 Å². The molecular formula is C10H22BrIOSi. The van der Waals surface area contributed by atoms with Crippen molar-refractivity contribution in [2.45, 2.75) is 58.4 Å². The average molecular weight is 393 g/mol. The van der Waals surface area contributed by atoms with Crippen LogP contribution >= 0.6 is 37.1 Å². The zero-order valence-corrected chi connectivity index (χ0v) is 14.1. The van der Waals surface area contributed by atoms with Gasteiger partial charge in [0, 0.05) is 6.61 Å². The summed E-state index contributed by atoms with van der Waals surface area (Å²) in [5.74, 6) is 0. The van der Waals surface area contributed by atoms with Gasteiger partial charge >= 0.3 is 4.43 Å². The van der Waals surface area contributed by atoms with Crippen LogP contribution in [0.25, 0.3) is 0 Å². The van der Waals surface area contributed by atoms with Gasteiger partial charge < -0.3 is 4.43 Å². The van der Waals surface area contributed by atoms with Crippen molar-refractivity contribution in [1.82, 2.24) is 0 Å². The van der Waals surface area contributed by atoms with Crippen LogP contribution in [0.1, 0.15) is 52.4 Å². The van der Waals surface area contributed by atoms with Crippen LogP contribution in [0.4, 0.5) is 0 Å². The summed E-state index contributed by atoms with van der Waals surface area (Å²) in [6.45, 7) is 5.18. The third-order valence-corrected chi connectivity index (χ3v) is 8.25. The Labute approximate surface area is 110 Å². The Morgan fingerprint density at radius 2 is 1.64 bits per heavy atom. The Hall–Kier alpha value is 1.39. The quantitative estimate of drug-likeness (QED) is 0.228. The van der Waals surface area contributed by atoms with Gasteiger partial charge in [-0.3, -0.25) is 0 Å². The molecule has 14 heavy (non-hydrogen) atoms. The summed E-state index contributed by atoms with van der Waals surface area (Å²) in [5, 5.41) is 0. The SMILES string of the molecule is CCCCCCCC[Si](Br)(I)OCC. The standard InChI is InChI=1S/C10H22BrIOSi/c1-3-5-6-7-8-9-10-14(11,12)13-4-2/h3-10H2,1-2H3. The second kappa shape index (κ2) is 9.60. The molecule has 0 saturated carbocycles. The fraction of sp³-hybridized carbons (Fsp3) is 1.00. The maximum atomic E-state index is 5.70. The van der Waals surface area contributed by atoms with Gasteiger partial charge in [-0.1, -0.05) is 82.5 Å². The van der Waals surface area contributed by atoms with E-state index in [4.69, 9.17) is 4.43 Å². The summed E-state index contributed by atoms with van der Waals surface area (Å²) in [6.07, 6.45) is 8.23. The van der Waals surface area contributed by atoms with Crippen molar-refractivity contribution in [2.75, 3.05) is 6.61 Å². The maximum absolute atomic E-state index is 5.70. The minimum Gasteiger partial charge on any atom is -0.399 e. The minimum atomic E-state index is -1.49. The zero-order chi connectivity index (χ0) is 10.9. The topological polar surface area (TPSA) is 9.23 Å². The molecule has 0 aromatic carbocycles.